The number of benzene rings is 2. The van der Waals surface area contributed by atoms with Crippen molar-refractivity contribution in [3.63, 3.8) is 0 Å². The predicted molar refractivity (Wildman–Crippen MR) is 109 cm³/mol. The molecule has 3 rings (SSSR count). The number of rotatable bonds is 7. The first-order chi connectivity index (χ1) is 13.2. The minimum absolute atomic E-state index is 0.0609. The van der Waals surface area contributed by atoms with Gasteiger partial charge in [0, 0.05) is 0 Å². The maximum atomic E-state index is 14.6. The van der Waals surface area contributed by atoms with E-state index in [0.717, 1.165) is 23.5 Å². The van der Waals surface area contributed by atoms with Crippen molar-refractivity contribution in [1.82, 2.24) is 0 Å². The average molecular weight is 364 g/mol. The Morgan fingerprint density at radius 3 is 2.37 bits per heavy atom. The van der Waals surface area contributed by atoms with Crippen LogP contribution in [0.5, 0.6) is 0 Å². The summed E-state index contributed by atoms with van der Waals surface area (Å²) < 4.78 is 14.6. The maximum absolute atomic E-state index is 14.6. The van der Waals surface area contributed by atoms with Crippen molar-refractivity contribution in [3.8, 4) is 6.07 Å². The van der Waals surface area contributed by atoms with E-state index >= 15 is 0 Å². The molecule has 1 fully saturated rings. The van der Waals surface area contributed by atoms with E-state index in [0.29, 0.717) is 17.9 Å². The van der Waals surface area contributed by atoms with Crippen LogP contribution in [0, 0.1) is 23.1 Å². The summed E-state index contributed by atoms with van der Waals surface area (Å²) in [5, 5.41) is 8.86. The third kappa shape index (κ3) is 5.42. The van der Waals surface area contributed by atoms with Crippen LogP contribution < -0.4 is 0 Å². The highest BCUT2D eigenvalue weighted by Gasteiger charge is 2.22. The highest BCUT2D eigenvalue weighted by Crippen LogP contribution is 2.38. The third-order valence-corrected chi connectivity index (χ3v) is 6.13. The second kappa shape index (κ2) is 9.70. The SMILES string of the molecule is CCCC[C@H]1CC[C@H](c2ccc(CCc3ccc(C#N)cc3)c(F)c2)CC1. The van der Waals surface area contributed by atoms with Crippen molar-refractivity contribution >= 4 is 0 Å². The lowest BCUT2D eigenvalue weighted by Gasteiger charge is -2.29. The fourth-order valence-electron chi connectivity index (χ4n) is 4.32. The Balaban J connectivity index is 1.55. The molecule has 1 saturated carbocycles. The summed E-state index contributed by atoms with van der Waals surface area (Å²) in [6, 6.07) is 15.6. The fourth-order valence-corrected chi connectivity index (χ4v) is 4.32. The van der Waals surface area contributed by atoms with Gasteiger partial charge in [0.1, 0.15) is 5.82 Å². The first kappa shape index (κ1) is 19.6. The van der Waals surface area contributed by atoms with Crippen LogP contribution in [0.4, 0.5) is 4.39 Å². The van der Waals surface area contributed by atoms with Gasteiger partial charge in [-0.1, -0.05) is 50.5 Å². The monoisotopic (exact) mass is 363 g/mol. The second-order valence-corrected chi connectivity index (χ2v) is 8.02. The normalized spacial score (nSPS) is 19.6. The number of nitrogens with zero attached hydrogens (tertiary/aromatic N) is 1. The number of aryl methyl sites for hydroxylation is 2. The quantitative estimate of drug-likeness (QED) is 0.522. The van der Waals surface area contributed by atoms with Crippen LogP contribution in [0.25, 0.3) is 0 Å². The summed E-state index contributed by atoms with van der Waals surface area (Å²) in [4.78, 5) is 0. The molecular weight excluding hydrogens is 333 g/mol. The van der Waals surface area contributed by atoms with Gasteiger partial charge in [0.15, 0.2) is 0 Å². The standard InChI is InChI=1S/C25H30FN/c1-2-3-4-19-9-12-22(13-10-19)24-16-15-23(25(26)17-24)14-11-20-5-7-21(18-27)8-6-20/h5-8,15-17,19,22H,2-4,9-14H2,1H3/t19-,22-. The molecule has 0 heterocycles. The minimum atomic E-state index is -0.0609. The number of unbranched alkanes of at least 4 members (excludes halogenated alkanes) is 1. The van der Waals surface area contributed by atoms with E-state index in [1.165, 1.54) is 50.5 Å². The van der Waals surface area contributed by atoms with Crippen LogP contribution in [-0.4, -0.2) is 0 Å². The third-order valence-electron chi connectivity index (χ3n) is 6.13. The zero-order chi connectivity index (χ0) is 19.1. The lowest BCUT2D eigenvalue weighted by molar-refractivity contribution is 0.304. The van der Waals surface area contributed by atoms with Gasteiger partial charge in [0.25, 0.3) is 0 Å². The number of halogens is 1. The molecule has 1 nitrogen and oxygen atoms in total. The van der Waals surface area contributed by atoms with Crippen LogP contribution in [0.15, 0.2) is 42.5 Å². The van der Waals surface area contributed by atoms with Crippen molar-refractivity contribution in [2.24, 2.45) is 5.92 Å². The second-order valence-electron chi connectivity index (χ2n) is 8.02. The predicted octanol–water partition coefficient (Wildman–Crippen LogP) is 6.95. The van der Waals surface area contributed by atoms with Crippen molar-refractivity contribution in [3.05, 3.63) is 70.5 Å². The zero-order valence-corrected chi connectivity index (χ0v) is 16.4. The number of nitriles is 1. The molecule has 0 amide bonds. The number of hydrogen-bond donors (Lipinski definition) is 0. The molecule has 27 heavy (non-hydrogen) atoms. The molecule has 0 aliphatic heterocycles. The highest BCUT2D eigenvalue weighted by molar-refractivity contribution is 5.33. The molecule has 1 aliphatic rings. The topological polar surface area (TPSA) is 23.8 Å². The van der Waals surface area contributed by atoms with Crippen molar-refractivity contribution in [1.29, 1.82) is 5.26 Å². The van der Waals surface area contributed by atoms with E-state index in [1.807, 2.05) is 30.3 Å². The molecule has 0 atom stereocenters. The first-order valence-corrected chi connectivity index (χ1v) is 10.5. The van der Waals surface area contributed by atoms with Gasteiger partial charge in [-0.05, 0) is 85.3 Å². The van der Waals surface area contributed by atoms with E-state index in [9.17, 15) is 4.39 Å². The van der Waals surface area contributed by atoms with Crippen molar-refractivity contribution < 1.29 is 4.39 Å². The van der Waals surface area contributed by atoms with Crippen LogP contribution in [0.3, 0.4) is 0 Å². The lowest BCUT2D eigenvalue weighted by Crippen LogP contribution is -2.13. The van der Waals surface area contributed by atoms with Gasteiger partial charge < -0.3 is 0 Å². The highest BCUT2D eigenvalue weighted by atomic mass is 19.1. The summed E-state index contributed by atoms with van der Waals surface area (Å²) in [5.41, 5.74) is 3.78. The molecule has 0 aromatic heterocycles. The number of hydrogen-bond acceptors (Lipinski definition) is 1. The van der Waals surface area contributed by atoms with Gasteiger partial charge in [-0.3, -0.25) is 0 Å². The Morgan fingerprint density at radius 1 is 1.00 bits per heavy atom. The van der Waals surface area contributed by atoms with Crippen molar-refractivity contribution in [2.45, 2.75) is 70.6 Å². The fraction of sp³-hybridized carbons (Fsp3) is 0.480. The Hall–Kier alpha value is -2.14. The summed E-state index contributed by atoms with van der Waals surface area (Å²) in [7, 11) is 0. The maximum Gasteiger partial charge on any atom is 0.126 e. The summed E-state index contributed by atoms with van der Waals surface area (Å²) >= 11 is 0. The van der Waals surface area contributed by atoms with E-state index in [2.05, 4.69) is 19.1 Å². The van der Waals surface area contributed by atoms with E-state index in [4.69, 9.17) is 5.26 Å². The first-order valence-electron chi connectivity index (χ1n) is 10.5. The molecule has 0 N–H and O–H groups in total. The molecule has 1 aliphatic carbocycles. The van der Waals surface area contributed by atoms with Gasteiger partial charge in [0.05, 0.1) is 11.6 Å². The molecule has 0 unspecified atom stereocenters. The van der Waals surface area contributed by atoms with Crippen LogP contribution in [0.2, 0.25) is 0 Å². The van der Waals surface area contributed by atoms with E-state index in [-0.39, 0.29) is 5.82 Å². The van der Waals surface area contributed by atoms with E-state index < -0.39 is 0 Å². The molecule has 142 valence electrons. The average Bonchev–Trinajstić information content (AvgIpc) is 2.72. The van der Waals surface area contributed by atoms with Crippen LogP contribution in [0.1, 0.15) is 80.0 Å². The summed E-state index contributed by atoms with van der Waals surface area (Å²) in [5.74, 6) is 1.36. The van der Waals surface area contributed by atoms with Gasteiger partial charge in [-0.2, -0.15) is 5.26 Å². The largest absolute Gasteiger partial charge is 0.207 e. The Bertz CT molecular complexity index is 764. The van der Waals surface area contributed by atoms with Gasteiger partial charge in [0.2, 0.25) is 0 Å². The smallest absolute Gasteiger partial charge is 0.126 e. The molecule has 0 spiro atoms. The molecule has 2 heteroatoms. The zero-order valence-electron chi connectivity index (χ0n) is 16.4. The molecule has 0 saturated heterocycles. The van der Waals surface area contributed by atoms with Gasteiger partial charge in [-0.25, -0.2) is 4.39 Å². The lowest BCUT2D eigenvalue weighted by atomic mass is 9.77. The molecule has 0 bridgehead atoms. The van der Waals surface area contributed by atoms with E-state index in [1.54, 1.807) is 6.07 Å². The summed E-state index contributed by atoms with van der Waals surface area (Å²) in [6.45, 7) is 2.26. The van der Waals surface area contributed by atoms with Crippen LogP contribution >= 0.6 is 0 Å². The minimum Gasteiger partial charge on any atom is -0.207 e. The molecule has 0 radical (unpaired) electrons. The Morgan fingerprint density at radius 2 is 1.74 bits per heavy atom. The Labute approximate surface area is 163 Å². The Kier molecular flexibility index (Phi) is 7.04. The molecular formula is C25H30FN. The summed E-state index contributed by atoms with van der Waals surface area (Å²) in [6.07, 6.45) is 10.5. The molecule has 2 aromatic carbocycles. The van der Waals surface area contributed by atoms with Crippen molar-refractivity contribution in [2.75, 3.05) is 0 Å². The van der Waals surface area contributed by atoms with Gasteiger partial charge >= 0.3 is 0 Å². The van der Waals surface area contributed by atoms with Gasteiger partial charge in [-0.15, -0.1) is 0 Å². The van der Waals surface area contributed by atoms with Crippen LogP contribution in [-0.2, 0) is 12.8 Å². The molecule has 2 aromatic rings.